The van der Waals surface area contributed by atoms with E-state index < -0.39 is 0 Å². The molecule has 0 bridgehead atoms. The van der Waals surface area contributed by atoms with E-state index in [2.05, 4.69) is 50.5 Å². The molecule has 0 amide bonds. The second kappa shape index (κ2) is 6.04. The Bertz CT molecular complexity index is 394. The number of nitrogens with one attached hydrogen (secondary N) is 1. The Hall–Kier alpha value is -0.900. The van der Waals surface area contributed by atoms with Crippen molar-refractivity contribution in [3.05, 3.63) is 35.4 Å². The Morgan fingerprint density at radius 2 is 1.79 bits per heavy atom. The van der Waals surface area contributed by atoms with Crippen LogP contribution in [0.3, 0.4) is 0 Å². The fourth-order valence-electron chi connectivity index (χ4n) is 2.88. The van der Waals surface area contributed by atoms with E-state index in [0.717, 1.165) is 19.4 Å². The van der Waals surface area contributed by atoms with E-state index >= 15 is 0 Å². The van der Waals surface area contributed by atoms with Crippen molar-refractivity contribution < 1.29 is 4.74 Å². The zero-order valence-corrected chi connectivity index (χ0v) is 12.3. The molecule has 1 saturated heterocycles. The zero-order chi connectivity index (χ0) is 13.9. The molecular formula is C16H26N2O. The molecule has 1 aliphatic rings. The van der Waals surface area contributed by atoms with Crippen LogP contribution in [0.2, 0.25) is 0 Å². The Balaban J connectivity index is 2.21. The quantitative estimate of drug-likeness (QED) is 0.646. The summed E-state index contributed by atoms with van der Waals surface area (Å²) in [7, 11) is 0. The van der Waals surface area contributed by atoms with Gasteiger partial charge in [0.1, 0.15) is 0 Å². The highest BCUT2D eigenvalue weighted by molar-refractivity contribution is 5.28. The second-order valence-electron chi connectivity index (χ2n) is 6.04. The van der Waals surface area contributed by atoms with Gasteiger partial charge in [0.2, 0.25) is 0 Å². The molecule has 2 unspecified atom stereocenters. The number of hydrogen-bond acceptors (Lipinski definition) is 3. The lowest BCUT2D eigenvalue weighted by Crippen LogP contribution is -2.48. The first-order chi connectivity index (χ1) is 9.07. The molecule has 3 N–H and O–H groups in total. The molecule has 3 nitrogen and oxygen atoms in total. The van der Waals surface area contributed by atoms with E-state index in [4.69, 9.17) is 10.6 Å². The van der Waals surface area contributed by atoms with Crippen molar-refractivity contribution in [2.24, 2.45) is 5.84 Å². The number of benzene rings is 1. The van der Waals surface area contributed by atoms with Crippen LogP contribution in [-0.2, 0) is 4.74 Å². The molecule has 0 saturated carbocycles. The van der Waals surface area contributed by atoms with Crippen LogP contribution in [0.1, 0.15) is 63.1 Å². The molecule has 0 aliphatic carbocycles. The zero-order valence-electron chi connectivity index (χ0n) is 12.3. The monoisotopic (exact) mass is 262 g/mol. The Morgan fingerprint density at radius 1 is 1.16 bits per heavy atom. The summed E-state index contributed by atoms with van der Waals surface area (Å²) in [5.74, 6) is 6.34. The van der Waals surface area contributed by atoms with Gasteiger partial charge in [0.15, 0.2) is 0 Å². The summed E-state index contributed by atoms with van der Waals surface area (Å²) >= 11 is 0. The smallest absolute Gasteiger partial charge is 0.0861 e. The minimum Gasteiger partial charge on any atom is -0.373 e. The molecule has 1 heterocycles. The van der Waals surface area contributed by atoms with Gasteiger partial charge in [-0.05, 0) is 43.2 Å². The summed E-state index contributed by atoms with van der Waals surface area (Å²) in [6, 6.07) is 8.77. The number of nitrogens with two attached hydrogens (primary N) is 1. The minimum atomic E-state index is -0.202. The first kappa shape index (κ1) is 14.5. The van der Waals surface area contributed by atoms with E-state index in [1.54, 1.807) is 0 Å². The van der Waals surface area contributed by atoms with Crippen molar-refractivity contribution in [2.45, 2.75) is 57.6 Å². The van der Waals surface area contributed by atoms with Gasteiger partial charge in [-0.1, -0.05) is 38.1 Å². The predicted octanol–water partition coefficient (Wildman–Crippen LogP) is 3.27. The van der Waals surface area contributed by atoms with Crippen molar-refractivity contribution in [3.63, 3.8) is 0 Å². The standard InChI is InChI=1S/C16H26N2O/c1-12(2)13-6-8-14(9-7-13)15(18-17)16(3)10-4-5-11-19-16/h6-9,12,15,18H,4-5,10-11,17H2,1-3H3. The van der Waals surface area contributed by atoms with Gasteiger partial charge in [0, 0.05) is 6.61 Å². The average molecular weight is 262 g/mol. The summed E-state index contributed by atoms with van der Waals surface area (Å²) in [6.45, 7) is 7.41. The molecule has 2 atom stereocenters. The van der Waals surface area contributed by atoms with Crippen LogP contribution in [0.4, 0.5) is 0 Å². The fourth-order valence-corrected chi connectivity index (χ4v) is 2.88. The third kappa shape index (κ3) is 3.16. The summed E-state index contributed by atoms with van der Waals surface area (Å²) in [5.41, 5.74) is 5.31. The van der Waals surface area contributed by atoms with Gasteiger partial charge in [0.05, 0.1) is 11.6 Å². The summed E-state index contributed by atoms with van der Waals surface area (Å²) < 4.78 is 6.01. The third-order valence-corrected chi connectivity index (χ3v) is 4.21. The highest BCUT2D eigenvalue weighted by Gasteiger charge is 2.37. The van der Waals surface area contributed by atoms with Gasteiger partial charge < -0.3 is 4.74 Å². The van der Waals surface area contributed by atoms with Gasteiger partial charge in [-0.3, -0.25) is 11.3 Å². The highest BCUT2D eigenvalue weighted by atomic mass is 16.5. The average Bonchev–Trinajstić information content (AvgIpc) is 2.40. The molecule has 1 aliphatic heterocycles. The van der Waals surface area contributed by atoms with E-state index in [1.165, 1.54) is 17.5 Å². The maximum atomic E-state index is 6.01. The van der Waals surface area contributed by atoms with Crippen molar-refractivity contribution in [2.75, 3.05) is 6.61 Å². The molecule has 0 radical (unpaired) electrons. The molecule has 0 aromatic heterocycles. The minimum absolute atomic E-state index is 0.0500. The Morgan fingerprint density at radius 3 is 2.26 bits per heavy atom. The summed E-state index contributed by atoms with van der Waals surface area (Å²) in [6.07, 6.45) is 3.41. The van der Waals surface area contributed by atoms with Crippen LogP contribution in [-0.4, -0.2) is 12.2 Å². The Kier molecular flexibility index (Phi) is 4.61. The molecule has 1 aromatic carbocycles. The Labute approximate surface area is 116 Å². The maximum Gasteiger partial charge on any atom is 0.0861 e. The molecule has 0 spiro atoms. The topological polar surface area (TPSA) is 47.3 Å². The van der Waals surface area contributed by atoms with Gasteiger partial charge >= 0.3 is 0 Å². The van der Waals surface area contributed by atoms with Gasteiger partial charge in [-0.2, -0.15) is 0 Å². The number of hydrogen-bond donors (Lipinski definition) is 2. The van der Waals surface area contributed by atoms with Crippen LogP contribution < -0.4 is 11.3 Å². The normalized spacial score (nSPS) is 25.5. The van der Waals surface area contributed by atoms with Crippen LogP contribution in [0, 0.1) is 0 Å². The largest absolute Gasteiger partial charge is 0.373 e. The molecule has 1 aromatic rings. The lowest BCUT2D eigenvalue weighted by Gasteiger charge is -2.40. The van der Waals surface area contributed by atoms with E-state index in [1.807, 2.05) is 0 Å². The molecule has 1 fully saturated rings. The van der Waals surface area contributed by atoms with Crippen molar-refractivity contribution in [3.8, 4) is 0 Å². The fraction of sp³-hybridized carbons (Fsp3) is 0.625. The highest BCUT2D eigenvalue weighted by Crippen LogP contribution is 2.36. The van der Waals surface area contributed by atoms with Crippen LogP contribution in [0.15, 0.2) is 24.3 Å². The van der Waals surface area contributed by atoms with Crippen molar-refractivity contribution >= 4 is 0 Å². The van der Waals surface area contributed by atoms with Crippen molar-refractivity contribution in [1.29, 1.82) is 0 Å². The van der Waals surface area contributed by atoms with Crippen LogP contribution in [0.5, 0.6) is 0 Å². The van der Waals surface area contributed by atoms with Crippen LogP contribution >= 0.6 is 0 Å². The van der Waals surface area contributed by atoms with Crippen LogP contribution in [0.25, 0.3) is 0 Å². The second-order valence-corrected chi connectivity index (χ2v) is 6.04. The van der Waals surface area contributed by atoms with Gasteiger partial charge in [-0.25, -0.2) is 0 Å². The lowest BCUT2D eigenvalue weighted by atomic mass is 9.84. The third-order valence-electron chi connectivity index (χ3n) is 4.21. The molecule has 3 heteroatoms. The lowest BCUT2D eigenvalue weighted by molar-refractivity contribution is -0.0898. The summed E-state index contributed by atoms with van der Waals surface area (Å²) in [4.78, 5) is 0. The first-order valence-electron chi connectivity index (χ1n) is 7.27. The van der Waals surface area contributed by atoms with E-state index in [0.29, 0.717) is 5.92 Å². The molecule has 19 heavy (non-hydrogen) atoms. The first-order valence-corrected chi connectivity index (χ1v) is 7.27. The molecule has 2 rings (SSSR count). The van der Waals surface area contributed by atoms with Gasteiger partial charge in [0.25, 0.3) is 0 Å². The van der Waals surface area contributed by atoms with E-state index in [9.17, 15) is 0 Å². The maximum absolute atomic E-state index is 6.01. The van der Waals surface area contributed by atoms with Crippen molar-refractivity contribution in [1.82, 2.24) is 5.43 Å². The SMILES string of the molecule is CC(C)c1ccc(C(NN)C2(C)CCCCO2)cc1. The number of ether oxygens (including phenoxy) is 1. The predicted molar refractivity (Wildman–Crippen MR) is 78.8 cm³/mol. The number of rotatable bonds is 4. The molecular weight excluding hydrogens is 236 g/mol. The molecule has 106 valence electrons. The van der Waals surface area contributed by atoms with Gasteiger partial charge in [-0.15, -0.1) is 0 Å². The number of hydrazine groups is 1. The summed E-state index contributed by atoms with van der Waals surface area (Å²) in [5, 5.41) is 0. The van der Waals surface area contributed by atoms with E-state index in [-0.39, 0.29) is 11.6 Å².